The van der Waals surface area contributed by atoms with Crippen molar-refractivity contribution in [1.82, 2.24) is 0 Å². The highest BCUT2D eigenvalue weighted by Gasteiger charge is 2.16. The molecule has 0 fully saturated rings. The number of benzene rings is 2. The molecule has 0 aromatic heterocycles. The summed E-state index contributed by atoms with van der Waals surface area (Å²) in [5, 5.41) is 0. The van der Waals surface area contributed by atoms with Gasteiger partial charge >= 0.3 is 0 Å². The molecule has 1 amide bonds. The molecular weight excluding hydrogens is 359 g/mol. The monoisotopic (exact) mass is 368 g/mol. The zero-order valence-electron chi connectivity index (χ0n) is 10.6. The Hall–Kier alpha value is -1.99. The Morgan fingerprint density at radius 3 is 2.38 bits per heavy atom. The van der Waals surface area contributed by atoms with Crippen LogP contribution in [-0.2, 0) is 0 Å². The van der Waals surface area contributed by atoms with Gasteiger partial charge in [-0.1, -0.05) is 24.4 Å². The standard InChI is InChI=1S/C14H10BrFN2O2S/c15-11-8(14(18)21)5-6-10(12(11)16)20-9-4-2-1-3-7(9)13(17)19/h1-6H,(H2,17,19)(H2,18,21). The van der Waals surface area contributed by atoms with Crippen LogP contribution in [0.15, 0.2) is 40.9 Å². The van der Waals surface area contributed by atoms with Crippen LogP contribution in [-0.4, -0.2) is 10.9 Å². The summed E-state index contributed by atoms with van der Waals surface area (Å²) in [6.07, 6.45) is 0. The molecule has 4 N–H and O–H groups in total. The molecule has 2 aromatic rings. The minimum atomic E-state index is -0.667. The number of halogens is 2. The smallest absolute Gasteiger partial charge is 0.252 e. The molecule has 2 aromatic carbocycles. The Labute approximate surface area is 134 Å². The molecule has 0 unspecified atom stereocenters. The van der Waals surface area contributed by atoms with Gasteiger partial charge in [-0.05, 0) is 40.2 Å². The molecule has 0 spiro atoms. The number of nitrogens with two attached hydrogens (primary N) is 2. The van der Waals surface area contributed by atoms with Gasteiger partial charge in [-0.3, -0.25) is 4.79 Å². The van der Waals surface area contributed by atoms with E-state index in [1.807, 2.05) is 0 Å². The second-order valence-corrected chi connectivity index (χ2v) is 5.30. The van der Waals surface area contributed by atoms with Crippen molar-refractivity contribution in [3.05, 3.63) is 57.8 Å². The lowest BCUT2D eigenvalue weighted by atomic mass is 10.2. The van der Waals surface area contributed by atoms with Gasteiger partial charge in [0.15, 0.2) is 11.6 Å². The number of para-hydroxylation sites is 1. The van der Waals surface area contributed by atoms with Gasteiger partial charge in [0.1, 0.15) is 10.7 Å². The first-order valence-electron chi connectivity index (χ1n) is 5.76. The van der Waals surface area contributed by atoms with Gasteiger partial charge in [0.2, 0.25) is 0 Å². The summed E-state index contributed by atoms with van der Waals surface area (Å²) >= 11 is 7.89. The maximum absolute atomic E-state index is 14.2. The number of amides is 1. The topological polar surface area (TPSA) is 78.3 Å². The Kier molecular flexibility index (Phi) is 4.54. The fourth-order valence-electron chi connectivity index (χ4n) is 1.68. The van der Waals surface area contributed by atoms with Crippen molar-refractivity contribution in [1.29, 1.82) is 0 Å². The first-order valence-corrected chi connectivity index (χ1v) is 6.96. The maximum atomic E-state index is 14.2. The third-order valence-corrected chi connectivity index (χ3v) is 3.68. The SMILES string of the molecule is NC(=O)c1ccccc1Oc1ccc(C(N)=S)c(Br)c1F. The van der Waals surface area contributed by atoms with Crippen LogP contribution in [0.4, 0.5) is 4.39 Å². The van der Waals surface area contributed by atoms with Crippen LogP contribution >= 0.6 is 28.1 Å². The van der Waals surface area contributed by atoms with E-state index in [2.05, 4.69) is 15.9 Å². The molecule has 0 saturated heterocycles. The average Bonchev–Trinajstić information content (AvgIpc) is 2.44. The molecule has 2 rings (SSSR count). The van der Waals surface area contributed by atoms with Crippen molar-refractivity contribution < 1.29 is 13.9 Å². The molecule has 7 heteroatoms. The summed E-state index contributed by atoms with van der Waals surface area (Å²) in [5.74, 6) is -1.24. The molecular formula is C14H10BrFN2O2S. The van der Waals surface area contributed by atoms with Gasteiger partial charge in [0.25, 0.3) is 5.91 Å². The fourth-order valence-corrected chi connectivity index (χ4v) is 2.52. The Morgan fingerprint density at radius 2 is 1.76 bits per heavy atom. The first-order chi connectivity index (χ1) is 9.91. The van der Waals surface area contributed by atoms with Crippen molar-refractivity contribution in [3.8, 4) is 11.5 Å². The summed E-state index contributed by atoms with van der Waals surface area (Å²) in [5.41, 5.74) is 11.2. The van der Waals surface area contributed by atoms with Crippen LogP contribution < -0.4 is 16.2 Å². The van der Waals surface area contributed by atoms with Gasteiger partial charge in [-0.25, -0.2) is 4.39 Å². The number of carbonyl (C=O) groups excluding carboxylic acids is 1. The molecule has 108 valence electrons. The van der Waals surface area contributed by atoms with Crippen molar-refractivity contribution in [2.45, 2.75) is 0 Å². The van der Waals surface area contributed by atoms with E-state index in [9.17, 15) is 9.18 Å². The molecule has 0 radical (unpaired) electrons. The summed E-state index contributed by atoms with van der Waals surface area (Å²) < 4.78 is 19.8. The second-order valence-electron chi connectivity index (χ2n) is 4.07. The lowest BCUT2D eigenvalue weighted by molar-refractivity contribution is 0.0998. The number of rotatable bonds is 4. The highest BCUT2D eigenvalue weighted by Crippen LogP contribution is 2.32. The Balaban J connectivity index is 2.44. The Morgan fingerprint density at radius 1 is 1.10 bits per heavy atom. The van der Waals surface area contributed by atoms with Crippen LogP contribution in [0.2, 0.25) is 0 Å². The Bertz CT molecular complexity index is 737. The van der Waals surface area contributed by atoms with Crippen molar-refractivity contribution in [3.63, 3.8) is 0 Å². The summed E-state index contributed by atoms with van der Waals surface area (Å²) in [6.45, 7) is 0. The van der Waals surface area contributed by atoms with Crippen LogP contribution in [0.25, 0.3) is 0 Å². The largest absolute Gasteiger partial charge is 0.453 e. The molecule has 21 heavy (non-hydrogen) atoms. The molecule has 0 bridgehead atoms. The highest BCUT2D eigenvalue weighted by molar-refractivity contribution is 9.10. The molecule has 0 atom stereocenters. The summed E-state index contributed by atoms with van der Waals surface area (Å²) in [6, 6.07) is 9.21. The lowest BCUT2D eigenvalue weighted by Gasteiger charge is -2.12. The minimum absolute atomic E-state index is 0.0601. The molecule has 4 nitrogen and oxygen atoms in total. The van der Waals surface area contributed by atoms with Crippen molar-refractivity contribution in [2.24, 2.45) is 11.5 Å². The van der Waals surface area contributed by atoms with Crippen molar-refractivity contribution in [2.75, 3.05) is 0 Å². The van der Waals surface area contributed by atoms with E-state index in [1.165, 1.54) is 24.3 Å². The van der Waals surface area contributed by atoms with Crippen LogP contribution in [0.1, 0.15) is 15.9 Å². The lowest BCUT2D eigenvalue weighted by Crippen LogP contribution is -2.13. The molecule has 0 aliphatic heterocycles. The number of hydrogen-bond donors (Lipinski definition) is 2. The van der Waals surface area contributed by atoms with E-state index in [0.29, 0.717) is 5.56 Å². The quantitative estimate of drug-likeness (QED) is 0.812. The third-order valence-electron chi connectivity index (χ3n) is 2.68. The van der Waals surface area contributed by atoms with Gasteiger partial charge in [-0.15, -0.1) is 0 Å². The molecule has 0 saturated carbocycles. The van der Waals surface area contributed by atoms with Gasteiger partial charge in [0.05, 0.1) is 10.0 Å². The van der Waals surface area contributed by atoms with Crippen LogP contribution in [0, 0.1) is 5.82 Å². The van der Waals surface area contributed by atoms with E-state index in [-0.39, 0.29) is 26.5 Å². The number of ether oxygens (including phenoxy) is 1. The number of primary amides is 1. The first kappa shape index (κ1) is 15.4. The summed E-state index contributed by atoms with van der Waals surface area (Å²) in [7, 11) is 0. The average molecular weight is 369 g/mol. The van der Waals surface area contributed by atoms with E-state index >= 15 is 0 Å². The number of hydrogen-bond acceptors (Lipinski definition) is 3. The number of carbonyl (C=O) groups is 1. The van der Waals surface area contributed by atoms with Gasteiger partial charge < -0.3 is 16.2 Å². The zero-order valence-corrected chi connectivity index (χ0v) is 13.0. The van der Waals surface area contributed by atoms with Crippen LogP contribution in [0.5, 0.6) is 11.5 Å². The minimum Gasteiger partial charge on any atom is -0.453 e. The third kappa shape index (κ3) is 3.20. The highest BCUT2D eigenvalue weighted by atomic mass is 79.9. The van der Waals surface area contributed by atoms with Gasteiger partial charge in [0, 0.05) is 5.56 Å². The number of thiocarbonyl (C=S) groups is 1. The van der Waals surface area contributed by atoms with E-state index in [0.717, 1.165) is 0 Å². The normalized spacial score (nSPS) is 10.2. The molecule has 0 heterocycles. The van der Waals surface area contributed by atoms with E-state index < -0.39 is 11.7 Å². The fraction of sp³-hybridized carbons (Fsp3) is 0. The van der Waals surface area contributed by atoms with E-state index in [4.69, 9.17) is 28.4 Å². The predicted octanol–water partition coefficient (Wildman–Crippen LogP) is 3.11. The predicted molar refractivity (Wildman–Crippen MR) is 85.0 cm³/mol. The molecule has 0 aliphatic carbocycles. The van der Waals surface area contributed by atoms with E-state index in [1.54, 1.807) is 12.1 Å². The summed E-state index contributed by atoms with van der Waals surface area (Å²) in [4.78, 5) is 11.4. The van der Waals surface area contributed by atoms with Crippen LogP contribution in [0.3, 0.4) is 0 Å². The second kappa shape index (κ2) is 6.19. The van der Waals surface area contributed by atoms with Crippen molar-refractivity contribution >= 4 is 39.0 Å². The zero-order chi connectivity index (χ0) is 15.6. The molecule has 0 aliphatic rings. The maximum Gasteiger partial charge on any atom is 0.252 e. The van der Waals surface area contributed by atoms with Gasteiger partial charge in [-0.2, -0.15) is 0 Å².